The van der Waals surface area contributed by atoms with Crippen molar-refractivity contribution < 1.29 is 0 Å². The smallest absolute Gasteiger partial charge is 0.191 e. The molecule has 0 bridgehead atoms. The third-order valence-corrected chi connectivity index (χ3v) is 4.02. The molecule has 1 atom stereocenters. The summed E-state index contributed by atoms with van der Waals surface area (Å²) in [6.45, 7) is 9.32. The van der Waals surface area contributed by atoms with Crippen molar-refractivity contribution in [1.29, 1.82) is 0 Å². The van der Waals surface area contributed by atoms with E-state index >= 15 is 0 Å². The van der Waals surface area contributed by atoms with Crippen LogP contribution < -0.4 is 10.6 Å². The Kier molecular flexibility index (Phi) is 6.54. The van der Waals surface area contributed by atoms with Gasteiger partial charge in [-0.1, -0.05) is 37.3 Å². The van der Waals surface area contributed by atoms with Gasteiger partial charge in [-0.3, -0.25) is 4.90 Å². The van der Waals surface area contributed by atoms with Crippen LogP contribution in [0.3, 0.4) is 0 Å². The quantitative estimate of drug-likeness (QED) is 0.623. The summed E-state index contributed by atoms with van der Waals surface area (Å²) >= 11 is 0. The van der Waals surface area contributed by atoms with Gasteiger partial charge in [0.1, 0.15) is 0 Å². The maximum atomic E-state index is 4.67. The molecule has 0 saturated carbocycles. The average Bonchev–Trinajstić information content (AvgIpc) is 2.98. The fourth-order valence-electron chi connectivity index (χ4n) is 2.85. The van der Waals surface area contributed by atoms with Crippen LogP contribution in [0.5, 0.6) is 0 Å². The number of benzene rings is 1. The molecule has 4 heteroatoms. The molecule has 0 aromatic heterocycles. The molecular weight excluding hydrogens is 260 g/mol. The van der Waals surface area contributed by atoms with Crippen LogP contribution in [0.4, 0.5) is 0 Å². The van der Waals surface area contributed by atoms with Crippen molar-refractivity contribution in [2.75, 3.05) is 26.2 Å². The van der Waals surface area contributed by atoms with Crippen molar-refractivity contribution in [2.45, 2.75) is 39.3 Å². The molecule has 1 aliphatic heterocycles. The normalized spacial score (nSPS) is 19.7. The van der Waals surface area contributed by atoms with Crippen LogP contribution in [0.25, 0.3) is 0 Å². The Bertz CT molecular complexity index is 430. The van der Waals surface area contributed by atoms with Gasteiger partial charge in [0, 0.05) is 19.1 Å². The van der Waals surface area contributed by atoms with Crippen molar-refractivity contribution >= 4 is 5.96 Å². The first-order valence-corrected chi connectivity index (χ1v) is 8.13. The molecule has 1 aromatic carbocycles. The Labute approximate surface area is 128 Å². The number of guanidine groups is 1. The van der Waals surface area contributed by atoms with Crippen LogP contribution in [-0.4, -0.2) is 43.1 Å². The SMILES string of the molecule is CCNC(=NCc1ccccc1)NCC1CCCN1CC. The van der Waals surface area contributed by atoms with Gasteiger partial charge in [-0.05, 0) is 38.4 Å². The van der Waals surface area contributed by atoms with Gasteiger partial charge in [-0.25, -0.2) is 4.99 Å². The summed E-state index contributed by atoms with van der Waals surface area (Å²) in [6, 6.07) is 11.0. The van der Waals surface area contributed by atoms with Gasteiger partial charge >= 0.3 is 0 Å². The van der Waals surface area contributed by atoms with Crippen LogP contribution in [0, 0.1) is 0 Å². The van der Waals surface area contributed by atoms with Crippen LogP contribution in [-0.2, 0) is 6.54 Å². The van der Waals surface area contributed by atoms with E-state index in [1.54, 1.807) is 0 Å². The van der Waals surface area contributed by atoms with Crippen LogP contribution in [0.15, 0.2) is 35.3 Å². The van der Waals surface area contributed by atoms with E-state index in [9.17, 15) is 0 Å². The standard InChI is InChI=1S/C17H28N4/c1-3-18-17(19-13-15-9-6-5-7-10-15)20-14-16-11-8-12-21(16)4-2/h5-7,9-10,16H,3-4,8,11-14H2,1-2H3,(H2,18,19,20). The predicted molar refractivity (Wildman–Crippen MR) is 89.5 cm³/mol. The number of hydrogen-bond acceptors (Lipinski definition) is 2. The van der Waals surface area contributed by atoms with Gasteiger partial charge in [0.2, 0.25) is 0 Å². The van der Waals surface area contributed by atoms with E-state index in [1.807, 2.05) is 6.07 Å². The second-order valence-electron chi connectivity index (χ2n) is 5.49. The molecule has 2 N–H and O–H groups in total. The summed E-state index contributed by atoms with van der Waals surface area (Å²) in [4.78, 5) is 7.22. The van der Waals surface area contributed by atoms with Crippen molar-refractivity contribution in [2.24, 2.45) is 4.99 Å². The molecule has 1 unspecified atom stereocenters. The van der Waals surface area contributed by atoms with Gasteiger partial charge in [-0.2, -0.15) is 0 Å². The van der Waals surface area contributed by atoms with Crippen molar-refractivity contribution in [1.82, 2.24) is 15.5 Å². The lowest BCUT2D eigenvalue weighted by atomic mass is 10.2. The van der Waals surface area contributed by atoms with Gasteiger partial charge in [0.15, 0.2) is 5.96 Å². The summed E-state index contributed by atoms with van der Waals surface area (Å²) < 4.78 is 0. The number of nitrogens with zero attached hydrogens (tertiary/aromatic N) is 2. The third-order valence-electron chi connectivity index (χ3n) is 4.02. The summed E-state index contributed by atoms with van der Waals surface area (Å²) in [7, 11) is 0. The van der Waals surface area contributed by atoms with Gasteiger partial charge in [0.25, 0.3) is 0 Å². The number of hydrogen-bond donors (Lipinski definition) is 2. The van der Waals surface area contributed by atoms with E-state index in [1.165, 1.54) is 24.9 Å². The lowest BCUT2D eigenvalue weighted by molar-refractivity contribution is 0.267. The first-order chi connectivity index (χ1) is 10.3. The zero-order valence-corrected chi connectivity index (χ0v) is 13.3. The monoisotopic (exact) mass is 288 g/mol. The van der Waals surface area contributed by atoms with Crippen LogP contribution in [0.2, 0.25) is 0 Å². The minimum absolute atomic E-state index is 0.649. The molecule has 21 heavy (non-hydrogen) atoms. The second-order valence-corrected chi connectivity index (χ2v) is 5.49. The molecule has 4 nitrogen and oxygen atoms in total. The topological polar surface area (TPSA) is 39.7 Å². The number of likely N-dealkylation sites (tertiary alicyclic amines) is 1. The molecule has 0 aliphatic carbocycles. The van der Waals surface area contributed by atoms with Crippen LogP contribution in [0.1, 0.15) is 32.3 Å². The zero-order valence-electron chi connectivity index (χ0n) is 13.3. The maximum absolute atomic E-state index is 4.67. The first kappa shape index (κ1) is 15.8. The highest BCUT2D eigenvalue weighted by atomic mass is 15.2. The fraction of sp³-hybridized carbons (Fsp3) is 0.588. The number of rotatable bonds is 6. The summed E-state index contributed by atoms with van der Waals surface area (Å²) in [6.07, 6.45) is 2.61. The molecular formula is C17H28N4. The third kappa shape index (κ3) is 5.05. The summed E-state index contributed by atoms with van der Waals surface area (Å²) in [5.74, 6) is 0.921. The second kappa shape index (κ2) is 8.67. The lowest BCUT2D eigenvalue weighted by Gasteiger charge is -2.24. The Hall–Kier alpha value is -1.55. The average molecular weight is 288 g/mol. The molecule has 1 saturated heterocycles. The number of likely N-dealkylation sites (N-methyl/N-ethyl adjacent to an activating group) is 1. The van der Waals surface area contributed by atoms with Crippen molar-refractivity contribution in [3.63, 3.8) is 0 Å². The highest BCUT2D eigenvalue weighted by Gasteiger charge is 2.22. The molecule has 0 spiro atoms. The van der Waals surface area contributed by atoms with Crippen LogP contribution >= 0.6 is 0 Å². The minimum Gasteiger partial charge on any atom is -0.357 e. The molecule has 1 fully saturated rings. The summed E-state index contributed by atoms with van der Waals surface area (Å²) in [5.41, 5.74) is 1.24. The molecule has 0 amide bonds. The minimum atomic E-state index is 0.649. The number of nitrogens with one attached hydrogen (secondary N) is 2. The Balaban J connectivity index is 1.86. The molecule has 1 aliphatic rings. The highest BCUT2D eigenvalue weighted by molar-refractivity contribution is 5.79. The maximum Gasteiger partial charge on any atom is 0.191 e. The Morgan fingerprint density at radius 1 is 1.24 bits per heavy atom. The van der Waals surface area contributed by atoms with E-state index in [0.717, 1.165) is 32.1 Å². The van der Waals surface area contributed by atoms with E-state index in [0.29, 0.717) is 6.04 Å². The predicted octanol–water partition coefficient (Wildman–Crippen LogP) is 2.23. The molecule has 1 aromatic rings. The Morgan fingerprint density at radius 2 is 2.05 bits per heavy atom. The lowest BCUT2D eigenvalue weighted by Crippen LogP contribution is -2.44. The van der Waals surface area contributed by atoms with E-state index < -0.39 is 0 Å². The largest absolute Gasteiger partial charge is 0.357 e. The van der Waals surface area contributed by atoms with E-state index in [-0.39, 0.29) is 0 Å². The zero-order chi connectivity index (χ0) is 14.9. The molecule has 116 valence electrons. The molecule has 0 radical (unpaired) electrons. The first-order valence-electron chi connectivity index (χ1n) is 8.13. The van der Waals surface area contributed by atoms with Gasteiger partial charge in [-0.15, -0.1) is 0 Å². The summed E-state index contributed by atoms with van der Waals surface area (Å²) in [5, 5.41) is 6.82. The van der Waals surface area contributed by atoms with Crippen molar-refractivity contribution in [3.8, 4) is 0 Å². The Morgan fingerprint density at radius 3 is 2.76 bits per heavy atom. The van der Waals surface area contributed by atoms with E-state index in [4.69, 9.17) is 0 Å². The van der Waals surface area contributed by atoms with Gasteiger partial charge in [0.05, 0.1) is 6.54 Å². The molecule has 1 heterocycles. The highest BCUT2D eigenvalue weighted by Crippen LogP contribution is 2.15. The number of aliphatic imine (C=N–C) groups is 1. The van der Waals surface area contributed by atoms with Crippen molar-refractivity contribution in [3.05, 3.63) is 35.9 Å². The van der Waals surface area contributed by atoms with Gasteiger partial charge < -0.3 is 10.6 Å². The van der Waals surface area contributed by atoms with E-state index in [2.05, 4.69) is 58.6 Å². The fourth-order valence-corrected chi connectivity index (χ4v) is 2.85. The molecule has 2 rings (SSSR count).